The summed E-state index contributed by atoms with van der Waals surface area (Å²) < 4.78 is 33.7. The van der Waals surface area contributed by atoms with Crippen LogP contribution in [0.1, 0.15) is 35.3 Å². The first kappa shape index (κ1) is 25.3. The highest BCUT2D eigenvalue weighted by molar-refractivity contribution is 9.10. The first-order chi connectivity index (χ1) is 18.4. The van der Waals surface area contributed by atoms with Gasteiger partial charge >= 0.3 is 11.9 Å². The minimum absolute atomic E-state index is 0.0466. The summed E-state index contributed by atoms with van der Waals surface area (Å²) in [4.78, 5) is 29.9. The lowest BCUT2D eigenvalue weighted by atomic mass is 10.1. The highest BCUT2D eigenvalue weighted by Crippen LogP contribution is 2.34. The van der Waals surface area contributed by atoms with Crippen molar-refractivity contribution in [3.8, 4) is 28.7 Å². The molecule has 0 unspecified atom stereocenters. The number of ether oxygens (including phenoxy) is 6. The van der Waals surface area contributed by atoms with Gasteiger partial charge in [0.25, 0.3) is 0 Å². The van der Waals surface area contributed by atoms with Crippen LogP contribution in [0.25, 0.3) is 6.08 Å². The summed E-state index contributed by atoms with van der Waals surface area (Å²) in [7, 11) is 0. The van der Waals surface area contributed by atoms with Crippen LogP contribution in [0.5, 0.6) is 28.7 Å². The van der Waals surface area contributed by atoms with Gasteiger partial charge in [-0.3, -0.25) is 0 Å². The molecule has 2 aliphatic heterocycles. The lowest BCUT2D eigenvalue weighted by Crippen LogP contribution is -2.09. The molecule has 0 aliphatic carbocycles. The maximum Gasteiger partial charge on any atom is 0.363 e. The van der Waals surface area contributed by atoms with Crippen molar-refractivity contribution >= 4 is 39.8 Å². The molecule has 5 rings (SSSR count). The second-order valence-corrected chi connectivity index (χ2v) is 8.92. The molecular weight excluding hydrogens is 558 g/mol. The van der Waals surface area contributed by atoms with Crippen LogP contribution >= 0.6 is 15.9 Å². The van der Waals surface area contributed by atoms with E-state index in [1.165, 1.54) is 6.08 Å². The number of esters is 2. The van der Waals surface area contributed by atoms with E-state index in [9.17, 15) is 9.59 Å². The molecule has 0 radical (unpaired) electrons. The Morgan fingerprint density at radius 2 is 1.71 bits per heavy atom. The summed E-state index contributed by atoms with van der Waals surface area (Å²) in [5, 5.41) is 0. The van der Waals surface area contributed by atoms with Gasteiger partial charge in [-0.1, -0.05) is 15.9 Å². The normalized spacial score (nSPS) is 14.8. The van der Waals surface area contributed by atoms with Gasteiger partial charge in [-0.05, 0) is 74.5 Å². The highest BCUT2D eigenvalue weighted by Gasteiger charge is 2.26. The lowest BCUT2D eigenvalue weighted by Gasteiger charge is -2.11. The van der Waals surface area contributed by atoms with E-state index in [4.69, 9.17) is 28.4 Å². The van der Waals surface area contributed by atoms with Crippen LogP contribution in [-0.2, 0) is 9.53 Å². The summed E-state index contributed by atoms with van der Waals surface area (Å²) in [5.41, 5.74) is 1.34. The van der Waals surface area contributed by atoms with Gasteiger partial charge in [0.15, 0.2) is 28.7 Å². The third-order valence-corrected chi connectivity index (χ3v) is 5.98. The van der Waals surface area contributed by atoms with Gasteiger partial charge in [-0.25, -0.2) is 14.6 Å². The standard InChI is InChI=1S/C28H22BrNO8/c1-3-33-22-8-5-16(13-24(22)34-4-2)26-30-20(28(32)38-26)12-18-11-19(29)7-10-21(18)37-27(31)17-6-9-23-25(14-17)36-15-35-23/h5-14H,3-4,15H2,1-2H3/b20-12-. The van der Waals surface area contributed by atoms with Crippen molar-refractivity contribution in [3.05, 3.63) is 81.5 Å². The van der Waals surface area contributed by atoms with Crippen molar-refractivity contribution in [2.24, 2.45) is 4.99 Å². The topological polar surface area (TPSA) is 102 Å². The summed E-state index contributed by atoms with van der Waals surface area (Å²) >= 11 is 3.42. The summed E-state index contributed by atoms with van der Waals surface area (Å²) in [6.07, 6.45) is 1.50. The Morgan fingerprint density at radius 3 is 2.53 bits per heavy atom. The number of benzene rings is 3. The Morgan fingerprint density at radius 1 is 0.947 bits per heavy atom. The number of hydrogen-bond acceptors (Lipinski definition) is 9. The lowest BCUT2D eigenvalue weighted by molar-refractivity contribution is -0.129. The van der Waals surface area contributed by atoms with Gasteiger partial charge in [0, 0.05) is 15.6 Å². The predicted molar refractivity (Wildman–Crippen MR) is 141 cm³/mol. The number of carbonyl (C=O) groups is 2. The Hall–Kier alpha value is -4.31. The number of cyclic esters (lactones) is 1. The van der Waals surface area contributed by atoms with Gasteiger partial charge in [-0.15, -0.1) is 0 Å². The number of carbonyl (C=O) groups excluding carboxylic acids is 2. The third kappa shape index (κ3) is 5.35. The number of nitrogens with zero attached hydrogens (tertiary/aromatic N) is 1. The molecule has 2 heterocycles. The second-order valence-electron chi connectivity index (χ2n) is 8.00. The molecule has 9 nitrogen and oxygen atoms in total. The smallest absolute Gasteiger partial charge is 0.363 e. The number of aliphatic imine (C=N–C) groups is 1. The van der Waals surface area contributed by atoms with Crippen LogP contribution in [0.3, 0.4) is 0 Å². The fraction of sp³-hybridized carbons (Fsp3) is 0.179. The van der Waals surface area contributed by atoms with Gasteiger partial charge in [-0.2, -0.15) is 0 Å². The minimum atomic E-state index is -0.639. The zero-order chi connectivity index (χ0) is 26.6. The van der Waals surface area contributed by atoms with Crippen molar-refractivity contribution in [1.29, 1.82) is 0 Å². The molecular formula is C28H22BrNO8. The van der Waals surface area contributed by atoms with Crippen LogP contribution in [0.4, 0.5) is 0 Å². The molecule has 38 heavy (non-hydrogen) atoms. The van der Waals surface area contributed by atoms with E-state index in [-0.39, 0.29) is 29.7 Å². The number of hydrogen-bond donors (Lipinski definition) is 0. The van der Waals surface area contributed by atoms with Crippen molar-refractivity contribution in [1.82, 2.24) is 0 Å². The first-order valence-electron chi connectivity index (χ1n) is 11.8. The maximum absolute atomic E-state index is 12.9. The van der Waals surface area contributed by atoms with Crippen molar-refractivity contribution < 1.29 is 38.0 Å². The van der Waals surface area contributed by atoms with Gasteiger partial charge in [0.1, 0.15) is 5.75 Å². The fourth-order valence-corrected chi connectivity index (χ4v) is 4.15. The molecule has 0 spiro atoms. The van der Waals surface area contributed by atoms with E-state index >= 15 is 0 Å². The van der Waals surface area contributed by atoms with Gasteiger partial charge in [0.2, 0.25) is 12.7 Å². The minimum Gasteiger partial charge on any atom is -0.490 e. The van der Waals surface area contributed by atoms with Crippen LogP contribution in [0.15, 0.2) is 69.8 Å². The van der Waals surface area contributed by atoms with E-state index in [0.29, 0.717) is 47.3 Å². The Bertz CT molecular complexity index is 1480. The second kappa shape index (κ2) is 11.0. The zero-order valence-corrected chi connectivity index (χ0v) is 22.1. The average molecular weight is 580 g/mol. The first-order valence-corrected chi connectivity index (χ1v) is 12.6. The van der Waals surface area contributed by atoms with E-state index in [1.54, 1.807) is 54.6 Å². The molecule has 194 valence electrons. The van der Waals surface area contributed by atoms with E-state index in [0.717, 1.165) is 4.47 Å². The SMILES string of the molecule is CCOc1ccc(C2=N/C(=C\c3cc(Br)ccc3OC(=O)c3ccc4c(c3)OCO4)C(=O)O2)cc1OCC. The largest absolute Gasteiger partial charge is 0.490 e. The molecule has 10 heteroatoms. The summed E-state index contributed by atoms with van der Waals surface area (Å²) in [6, 6.07) is 15.0. The maximum atomic E-state index is 12.9. The molecule has 0 amide bonds. The molecule has 0 fully saturated rings. The monoisotopic (exact) mass is 579 g/mol. The van der Waals surface area contributed by atoms with Crippen molar-refractivity contribution in [2.45, 2.75) is 13.8 Å². The fourth-order valence-electron chi connectivity index (χ4n) is 3.77. The van der Waals surface area contributed by atoms with Crippen molar-refractivity contribution in [2.75, 3.05) is 20.0 Å². The molecule has 0 bridgehead atoms. The van der Waals surface area contributed by atoms with Crippen LogP contribution < -0.4 is 23.7 Å². The van der Waals surface area contributed by atoms with Gasteiger partial charge in [0.05, 0.1) is 18.8 Å². The number of rotatable bonds is 8. The third-order valence-electron chi connectivity index (χ3n) is 5.49. The molecule has 0 N–H and O–H groups in total. The van der Waals surface area contributed by atoms with Crippen LogP contribution in [0, 0.1) is 0 Å². The van der Waals surface area contributed by atoms with Gasteiger partial charge < -0.3 is 28.4 Å². The Balaban J connectivity index is 1.42. The molecule has 3 aromatic carbocycles. The quantitative estimate of drug-likeness (QED) is 0.195. The van der Waals surface area contributed by atoms with E-state index < -0.39 is 11.9 Å². The summed E-state index contributed by atoms with van der Waals surface area (Å²) in [6.45, 7) is 4.77. The molecule has 0 saturated heterocycles. The molecule has 3 aromatic rings. The molecule has 0 saturated carbocycles. The molecule has 0 aromatic heterocycles. The van der Waals surface area contributed by atoms with Crippen LogP contribution in [0.2, 0.25) is 0 Å². The molecule has 2 aliphatic rings. The average Bonchev–Trinajstić information content (AvgIpc) is 3.53. The van der Waals surface area contributed by atoms with Crippen LogP contribution in [-0.4, -0.2) is 37.8 Å². The number of fused-ring (bicyclic) bond motifs is 1. The predicted octanol–water partition coefficient (Wildman–Crippen LogP) is 5.54. The van der Waals surface area contributed by atoms with E-state index in [2.05, 4.69) is 20.9 Å². The van der Waals surface area contributed by atoms with E-state index in [1.807, 2.05) is 13.8 Å². The highest BCUT2D eigenvalue weighted by atomic mass is 79.9. The Labute approximate surface area is 226 Å². The Kier molecular flexibility index (Phi) is 7.32. The molecule has 0 atom stereocenters. The van der Waals surface area contributed by atoms with Crippen molar-refractivity contribution in [3.63, 3.8) is 0 Å². The zero-order valence-electron chi connectivity index (χ0n) is 20.5. The number of halogens is 1. The summed E-state index contributed by atoms with van der Waals surface area (Å²) in [5.74, 6) is 1.26.